The molecule has 90 valence electrons. The zero-order valence-electron chi connectivity index (χ0n) is 10.00. The Kier molecular flexibility index (Phi) is 2.81. The summed E-state index contributed by atoms with van der Waals surface area (Å²) in [7, 11) is 0. The quantitative estimate of drug-likeness (QED) is 0.765. The van der Waals surface area contributed by atoms with E-state index in [1.54, 1.807) is 17.5 Å². The highest BCUT2D eigenvalue weighted by atomic mass is 32.1. The molecule has 0 radical (unpaired) electrons. The fourth-order valence-corrected chi connectivity index (χ4v) is 2.87. The molecule has 0 aliphatic heterocycles. The first-order chi connectivity index (χ1) is 8.75. The van der Waals surface area contributed by atoms with Gasteiger partial charge < -0.3 is 5.73 Å². The number of nitrogens with two attached hydrogens (primary N) is 1. The van der Waals surface area contributed by atoms with Gasteiger partial charge in [-0.2, -0.15) is 0 Å². The Balaban J connectivity index is 2.07. The van der Waals surface area contributed by atoms with Gasteiger partial charge in [0, 0.05) is 16.5 Å². The summed E-state index contributed by atoms with van der Waals surface area (Å²) in [6.45, 7) is 1.99. The lowest BCUT2D eigenvalue weighted by atomic mass is 10.0. The van der Waals surface area contributed by atoms with Crippen LogP contribution in [-0.2, 0) is 0 Å². The molecule has 3 rings (SSSR count). The third kappa shape index (κ3) is 1.89. The third-order valence-corrected chi connectivity index (χ3v) is 4.07. The van der Waals surface area contributed by atoms with Crippen LogP contribution in [0.3, 0.4) is 0 Å². The van der Waals surface area contributed by atoms with Gasteiger partial charge in [0.05, 0.1) is 22.8 Å². The Bertz CT molecular complexity index is 690. The summed E-state index contributed by atoms with van der Waals surface area (Å²) in [4.78, 5) is 9.72. The second-order valence-electron chi connectivity index (χ2n) is 4.24. The lowest BCUT2D eigenvalue weighted by Gasteiger charge is -2.11. The van der Waals surface area contributed by atoms with Gasteiger partial charge in [0.1, 0.15) is 0 Å². The molecule has 2 heterocycles. The van der Waals surface area contributed by atoms with Crippen molar-refractivity contribution in [3.05, 3.63) is 58.2 Å². The van der Waals surface area contributed by atoms with Crippen LogP contribution in [0.2, 0.25) is 0 Å². The van der Waals surface area contributed by atoms with E-state index in [1.807, 2.05) is 18.5 Å². The Labute approximate surface area is 109 Å². The maximum absolute atomic E-state index is 6.30. The standard InChI is InChI=1S/C14H13N3S/c1-9-14(18-8-17-9)13(15)11-5-4-10-3-2-6-16-12(10)7-11/h2-8,13H,15H2,1H3. The molecule has 0 bridgehead atoms. The van der Waals surface area contributed by atoms with Crippen LogP contribution >= 0.6 is 11.3 Å². The van der Waals surface area contributed by atoms with Crippen LogP contribution in [0.15, 0.2) is 42.0 Å². The number of aromatic nitrogens is 2. The highest BCUT2D eigenvalue weighted by Crippen LogP contribution is 2.27. The van der Waals surface area contributed by atoms with Crippen molar-refractivity contribution in [2.45, 2.75) is 13.0 Å². The van der Waals surface area contributed by atoms with Crippen molar-refractivity contribution in [2.24, 2.45) is 5.73 Å². The minimum atomic E-state index is -0.121. The number of hydrogen-bond donors (Lipinski definition) is 1. The Morgan fingerprint density at radius 2 is 2.11 bits per heavy atom. The first-order valence-electron chi connectivity index (χ1n) is 5.76. The van der Waals surface area contributed by atoms with E-state index in [0.717, 1.165) is 27.0 Å². The molecule has 0 saturated heterocycles. The predicted molar refractivity (Wildman–Crippen MR) is 74.6 cm³/mol. The van der Waals surface area contributed by atoms with Crippen LogP contribution in [0.1, 0.15) is 22.2 Å². The molecule has 0 amide bonds. The maximum Gasteiger partial charge on any atom is 0.0798 e. The number of benzene rings is 1. The normalized spacial score (nSPS) is 12.8. The zero-order chi connectivity index (χ0) is 12.5. The number of thiazole rings is 1. The van der Waals surface area contributed by atoms with Gasteiger partial charge in [-0.25, -0.2) is 4.98 Å². The average molecular weight is 255 g/mol. The first-order valence-corrected chi connectivity index (χ1v) is 6.64. The van der Waals surface area contributed by atoms with Crippen LogP contribution in [0.4, 0.5) is 0 Å². The fraction of sp³-hybridized carbons (Fsp3) is 0.143. The summed E-state index contributed by atoms with van der Waals surface area (Å²) < 4.78 is 0. The molecule has 0 aliphatic rings. The lowest BCUT2D eigenvalue weighted by Crippen LogP contribution is -2.11. The maximum atomic E-state index is 6.30. The largest absolute Gasteiger partial charge is 0.320 e. The molecule has 1 aromatic carbocycles. The molecular weight excluding hydrogens is 242 g/mol. The monoisotopic (exact) mass is 255 g/mol. The van der Waals surface area contributed by atoms with E-state index >= 15 is 0 Å². The summed E-state index contributed by atoms with van der Waals surface area (Å²) in [5, 5.41) is 1.13. The lowest BCUT2D eigenvalue weighted by molar-refractivity contribution is 0.879. The van der Waals surface area contributed by atoms with Crippen molar-refractivity contribution in [1.29, 1.82) is 0 Å². The second kappa shape index (κ2) is 4.48. The fourth-order valence-electron chi connectivity index (χ4n) is 2.04. The molecule has 18 heavy (non-hydrogen) atoms. The van der Waals surface area contributed by atoms with Gasteiger partial charge in [0.2, 0.25) is 0 Å². The number of hydrogen-bond acceptors (Lipinski definition) is 4. The van der Waals surface area contributed by atoms with Gasteiger partial charge in [0.15, 0.2) is 0 Å². The Morgan fingerprint density at radius 3 is 2.89 bits per heavy atom. The van der Waals surface area contributed by atoms with E-state index < -0.39 is 0 Å². The van der Waals surface area contributed by atoms with Crippen LogP contribution in [0, 0.1) is 6.92 Å². The average Bonchev–Trinajstić information content (AvgIpc) is 2.83. The number of nitrogens with zero attached hydrogens (tertiary/aromatic N) is 2. The first kappa shape index (κ1) is 11.3. The molecule has 3 nitrogen and oxygen atoms in total. The van der Waals surface area contributed by atoms with Crippen molar-refractivity contribution in [3.63, 3.8) is 0 Å². The predicted octanol–water partition coefficient (Wildman–Crippen LogP) is 3.05. The Morgan fingerprint density at radius 1 is 1.22 bits per heavy atom. The molecule has 0 saturated carbocycles. The second-order valence-corrected chi connectivity index (χ2v) is 5.12. The van der Waals surface area contributed by atoms with E-state index in [-0.39, 0.29) is 6.04 Å². The molecule has 1 atom stereocenters. The van der Waals surface area contributed by atoms with Crippen molar-refractivity contribution in [2.75, 3.05) is 0 Å². The molecule has 0 fully saturated rings. The molecule has 4 heteroatoms. The smallest absolute Gasteiger partial charge is 0.0798 e. The van der Waals surface area contributed by atoms with E-state index in [9.17, 15) is 0 Å². The summed E-state index contributed by atoms with van der Waals surface area (Å²) in [5.41, 5.74) is 11.2. The number of aryl methyl sites for hydroxylation is 1. The highest BCUT2D eigenvalue weighted by Gasteiger charge is 2.14. The summed E-state index contributed by atoms with van der Waals surface area (Å²) >= 11 is 1.60. The number of fused-ring (bicyclic) bond motifs is 1. The highest BCUT2D eigenvalue weighted by molar-refractivity contribution is 7.09. The summed E-state index contributed by atoms with van der Waals surface area (Å²) in [6.07, 6.45) is 1.80. The van der Waals surface area contributed by atoms with Gasteiger partial charge in [-0.15, -0.1) is 11.3 Å². The van der Waals surface area contributed by atoms with Gasteiger partial charge in [-0.1, -0.05) is 18.2 Å². The van der Waals surface area contributed by atoms with Crippen molar-refractivity contribution < 1.29 is 0 Å². The molecule has 1 unspecified atom stereocenters. The summed E-state index contributed by atoms with van der Waals surface area (Å²) in [5.74, 6) is 0. The van der Waals surface area contributed by atoms with Gasteiger partial charge in [0.25, 0.3) is 0 Å². The number of pyridine rings is 1. The topological polar surface area (TPSA) is 51.8 Å². The minimum Gasteiger partial charge on any atom is -0.320 e. The van der Waals surface area contributed by atoms with Gasteiger partial charge in [-0.05, 0) is 24.6 Å². The van der Waals surface area contributed by atoms with Crippen molar-refractivity contribution >= 4 is 22.2 Å². The SMILES string of the molecule is Cc1ncsc1C(N)c1ccc2cccnc2c1. The van der Waals surface area contributed by atoms with Crippen molar-refractivity contribution in [3.8, 4) is 0 Å². The van der Waals surface area contributed by atoms with E-state index in [4.69, 9.17) is 5.73 Å². The van der Waals surface area contributed by atoms with Gasteiger partial charge >= 0.3 is 0 Å². The van der Waals surface area contributed by atoms with Crippen LogP contribution in [0.25, 0.3) is 10.9 Å². The number of rotatable bonds is 2. The molecule has 0 aliphatic carbocycles. The third-order valence-electron chi connectivity index (χ3n) is 3.05. The minimum absolute atomic E-state index is 0.121. The molecule has 2 aromatic heterocycles. The molecule has 3 aromatic rings. The molecule has 2 N–H and O–H groups in total. The van der Waals surface area contributed by atoms with E-state index in [0.29, 0.717) is 0 Å². The summed E-state index contributed by atoms with van der Waals surface area (Å²) in [6, 6.07) is 10.1. The molecular formula is C14H13N3S. The van der Waals surface area contributed by atoms with E-state index in [2.05, 4.69) is 34.2 Å². The van der Waals surface area contributed by atoms with Crippen LogP contribution in [0.5, 0.6) is 0 Å². The van der Waals surface area contributed by atoms with Crippen LogP contribution < -0.4 is 5.73 Å². The van der Waals surface area contributed by atoms with Crippen molar-refractivity contribution in [1.82, 2.24) is 9.97 Å². The van der Waals surface area contributed by atoms with Gasteiger partial charge in [-0.3, -0.25) is 4.98 Å². The zero-order valence-corrected chi connectivity index (χ0v) is 10.8. The molecule has 0 spiro atoms. The Hall–Kier alpha value is -1.78. The van der Waals surface area contributed by atoms with Crippen LogP contribution in [-0.4, -0.2) is 9.97 Å². The van der Waals surface area contributed by atoms with E-state index in [1.165, 1.54) is 0 Å².